The molecule has 12 rings (SSSR count). The molecular weight excluding hydrogens is 679 g/mol. The number of fused-ring (bicyclic) bond motifs is 8. The van der Waals surface area contributed by atoms with Crippen LogP contribution in [-0.2, 0) is 16.2 Å². The lowest BCUT2D eigenvalue weighted by Gasteiger charge is -2.77. The summed E-state index contributed by atoms with van der Waals surface area (Å²) in [7, 11) is 0. The fraction of sp³-hybridized carbons (Fsp3) is 0.333. The van der Waals surface area contributed by atoms with Gasteiger partial charge in [0.25, 0.3) is 0 Å². The quantitative estimate of drug-likeness (QED) is 0.175. The van der Waals surface area contributed by atoms with Gasteiger partial charge in [-0.25, -0.2) is 0 Å². The number of hydrogen-bond donors (Lipinski definition) is 0. The second-order valence-corrected chi connectivity index (χ2v) is 19.6. The maximum Gasteiger partial charge on any atom is 0.133 e. The first-order chi connectivity index (χ1) is 27.2. The summed E-state index contributed by atoms with van der Waals surface area (Å²) in [5.41, 5.74) is 15.1. The van der Waals surface area contributed by atoms with Crippen molar-refractivity contribution in [2.24, 2.45) is 29.1 Å². The van der Waals surface area contributed by atoms with E-state index in [2.05, 4.69) is 172 Å². The topological polar surface area (TPSA) is 12.5 Å². The van der Waals surface area contributed by atoms with E-state index in [1.165, 1.54) is 88.0 Å². The smallest absolute Gasteiger partial charge is 0.133 e. The van der Waals surface area contributed by atoms with Gasteiger partial charge in [-0.05, 0) is 142 Å². The molecule has 0 saturated heterocycles. The largest absolute Gasteiger partial charge is 0.457 e. The number of benzene rings is 6. The van der Waals surface area contributed by atoms with Crippen molar-refractivity contribution in [2.75, 3.05) is 4.90 Å². The van der Waals surface area contributed by atoms with Crippen molar-refractivity contribution in [3.05, 3.63) is 162 Å². The Morgan fingerprint density at radius 2 is 1.12 bits per heavy atom. The molecule has 4 saturated carbocycles. The van der Waals surface area contributed by atoms with E-state index in [0.29, 0.717) is 17.3 Å². The zero-order chi connectivity index (χ0) is 37.6. The summed E-state index contributed by atoms with van der Waals surface area (Å²) in [4.78, 5) is 2.54. The van der Waals surface area contributed by atoms with Crippen LogP contribution in [0.25, 0.3) is 22.3 Å². The van der Waals surface area contributed by atoms with Crippen LogP contribution in [0.3, 0.4) is 0 Å². The Labute approximate surface area is 332 Å². The van der Waals surface area contributed by atoms with Crippen molar-refractivity contribution in [3.8, 4) is 33.8 Å². The molecule has 6 atom stereocenters. The van der Waals surface area contributed by atoms with Crippen molar-refractivity contribution >= 4 is 17.1 Å². The molecule has 278 valence electrons. The summed E-state index contributed by atoms with van der Waals surface area (Å²) in [6, 6.07) is 52.4. The van der Waals surface area contributed by atoms with E-state index in [4.69, 9.17) is 4.74 Å². The van der Waals surface area contributed by atoms with Crippen LogP contribution in [0.5, 0.6) is 11.5 Å². The molecule has 2 nitrogen and oxygen atoms in total. The Hall–Kier alpha value is -5.08. The average Bonchev–Trinajstić information content (AvgIpc) is 3.76. The molecule has 6 aliphatic rings. The molecule has 56 heavy (non-hydrogen) atoms. The number of ether oxygens (including phenoxy) is 1. The van der Waals surface area contributed by atoms with Crippen LogP contribution in [0.15, 0.2) is 140 Å². The molecule has 0 radical (unpaired) electrons. The maximum atomic E-state index is 7.26. The molecule has 0 amide bonds. The van der Waals surface area contributed by atoms with Gasteiger partial charge in [0.15, 0.2) is 0 Å². The Balaban J connectivity index is 1.05. The predicted molar refractivity (Wildman–Crippen MR) is 229 cm³/mol. The number of nitrogens with zero attached hydrogens (tertiary/aromatic N) is 1. The van der Waals surface area contributed by atoms with E-state index in [0.717, 1.165) is 35.4 Å². The molecule has 5 aliphatic carbocycles. The van der Waals surface area contributed by atoms with Gasteiger partial charge in [-0.1, -0.05) is 131 Å². The summed E-state index contributed by atoms with van der Waals surface area (Å²) in [5, 5.41) is 0. The first-order valence-corrected chi connectivity index (χ1v) is 21.3. The van der Waals surface area contributed by atoms with Gasteiger partial charge in [0.05, 0.1) is 5.69 Å². The minimum atomic E-state index is 0.0302. The van der Waals surface area contributed by atoms with Crippen molar-refractivity contribution in [1.29, 1.82) is 0 Å². The zero-order valence-electron chi connectivity index (χ0n) is 33.2. The lowest BCUT2D eigenvalue weighted by Crippen LogP contribution is -2.74. The summed E-state index contributed by atoms with van der Waals surface area (Å²) in [6.45, 7) is 9.78. The lowest BCUT2D eigenvalue weighted by atomic mass is 9.26. The minimum absolute atomic E-state index is 0.0302. The van der Waals surface area contributed by atoms with Gasteiger partial charge in [0.1, 0.15) is 11.5 Å². The molecule has 0 aromatic heterocycles. The Kier molecular flexibility index (Phi) is 6.67. The Bertz CT molecular complexity index is 2550. The minimum Gasteiger partial charge on any atom is -0.457 e. The highest BCUT2D eigenvalue weighted by Crippen LogP contribution is 2.89. The molecule has 1 heterocycles. The summed E-state index contributed by atoms with van der Waals surface area (Å²) in [5.74, 6) is 5.37. The van der Waals surface area contributed by atoms with Crippen molar-refractivity contribution in [3.63, 3.8) is 0 Å². The van der Waals surface area contributed by atoms with Gasteiger partial charge in [0, 0.05) is 34.0 Å². The third-order valence-electron chi connectivity index (χ3n) is 16.2. The van der Waals surface area contributed by atoms with Crippen LogP contribution in [0.4, 0.5) is 17.1 Å². The standard InChI is InChI=1S/C54H51NO/c1-51(2)26-27-52(3,4)50-44(51)16-11-17-45(50)55(40-21-18-37(19-22-40)35-12-7-5-8-13-35)41-23-25-43-47(32-41)56-46-30-38(36-14-9-6-10-15-36)20-24-42(46)54(43)48-29-34-28-39-31-49(54)53(39,48)33-34/h5-25,30,32,34,39,48-49H,26-29,31,33H2,1-4H3. The van der Waals surface area contributed by atoms with Gasteiger partial charge in [0.2, 0.25) is 0 Å². The highest BCUT2D eigenvalue weighted by Gasteiger charge is 2.84. The van der Waals surface area contributed by atoms with E-state index in [9.17, 15) is 0 Å². The van der Waals surface area contributed by atoms with Crippen LogP contribution in [-0.4, -0.2) is 0 Å². The molecule has 6 aromatic rings. The predicted octanol–water partition coefficient (Wildman–Crippen LogP) is 14.3. The second kappa shape index (κ2) is 11.3. The maximum absolute atomic E-state index is 7.26. The van der Waals surface area contributed by atoms with Crippen LogP contribution in [0.1, 0.15) is 88.5 Å². The normalized spacial score (nSPS) is 28.9. The number of anilines is 3. The first kappa shape index (κ1) is 33.1. The van der Waals surface area contributed by atoms with E-state index in [-0.39, 0.29) is 16.2 Å². The fourth-order valence-corrected chi connectivity index (χ4v) is 13.8. The average molecular weight is 730 g/mol. The van der Waals surface area contributed by atoms with E-state index < -0.39 is 0 Å². The monoisotopic (exact) mass is 729 g/mol. The van der Waals surface area contributed by atoms with E-state index in [1.54, 1.807) is 0 Å². The van der Waals surface area contributed by atoms with Crippen LogP contribution in [0, 0.1) is 29.1 Å². The Morgan fingerprint density at radius 1 is 0.518 bits per heavy atom. The van der Waals surface area contributed by atoms with Gasteiger partial charge in [-0.15, -0.1) is 0 Å². The van der Waals surface area contributed by atoms with Gasteiger partial charge >= 0.3 is 0 Å². The SMILES string of the molecule is CC1(C)CCC(C)(C)c2c(N(c3ccc(-c4ccccc4)cc3)c3ccc4c(c3)Oc3cc(-c5ccccc5)ccc3C43C4CC5CC6CC3C64C5)cccc21. The van der Waals surface area contributed by atoms with E-state index >= 15 is 0 Å². The van der Waals surface area contributed by atoms with Crippen molar-refractivity contribution in [1.82, 2.24) is 0 Å². The van der Waals surface area contributed by atoms with Crippen LogP contribution in [0.2, 0.25) is 0 Å². The molecular formula is C54H51NO. The summed E-state index contributed by atoms with van der Waals surface area (Å²) >= 11 is 0. The van der Waals surface area contributed by atoms with Crippen LogP contribution >= 0.6 is 0 Å². The fourth-order valence-electron chi connectivity index (χ4n) is 13.8. The molecule has 0 N–H and O–H groups in total. The highest BCUT2D eigenvalue weighted by atomic mass is 16.5. The van der Waals surface area contributed by atoms with Gasteiger partial charge < -0.3 is 9.64 Å². The summed E-state index contributed by atoms with van der Waals surface area (Å²) < 4.78 is 7.26. The first-order valence-electron chi connectivity index (χ1n) is 21.3. The molecule has 6 unspecified atom stereocenters. The van der Waals surface area contributed by atoms with Crippen LogP contribution < -0.4 is 9.64 Å². The Morgan fingerprint density at radius 3 is 1.86 bits per heavy atom. The third kappa shape index (κ3) is 4.23. The molecule has 4 fully saturated rings. The number of rotatable bonds is 5. The third-order valence-corrected chi connectivity index (χ3v) is 16.2. The zero-order valence-corrected chi connectivity index (χ0v) is 33.2. The molecule has 2 spiro atoms. The lowest BCUT2D eigenvalue weighted by molar-refractivity contribution is -0.235. The number of hydrogen-bond acceptors (Lipinski definition) is 2. The van der Waals surface area contributed by atoms with Crippen molar-refractivity contribution < 1.29 is 4.74 Å². The van der Waals surface area contributed by atoms with Gasteiger partial charge in [-0.2, -0.15) is 0 Å². The summed E-state index contributed by atoms with van der Waals surface area (Å²) in [6.07, 6.45) is 8.01. The van der Waals surface area contributed by atoms with Gasteiger partial charge in [-0.3, -0.25) is 0 Å². The molecule has 6 aromatic carbocycles. The molecule has 2 bridgehead atoms. The second-order valence-electron chi connectivity index (χ2n) is 19.6. The molecule has 2 heteroatoms. The molecule has 1 aliphatic heterocycles. The highest BCUT2D eigenvalue weighted by molar-refractivity contribution is 5.83. The van der Waals surface area contributed by atoms with Crippen molar-refractivity contribution in [2.45, 2.75) is 82.5 Å². The van der Waals surface area contributed by atoms with E-state index in [1.807, 2.05) is 0 Å².